The largest absolute Gasteiger partial charge is 1.00 e. The number of hydrogen-bond acceptors (Lipinski definition) is 0. The van der Waals surface area contributed by atoms with Gasteiger partial charge in [0.2, 0.25) is 0 Å². The van der Waals surface area contributed by atoms with Gasteiger partial charge in [0.1, 0.15) is 0 Å². The topological polar surface area (TPSA) is 0 Å². The second-order valence-corrected chi connectivity index (χ2v) is 6.96. The van der Waals surface area contributed by atoms with E-state index in [0.29, 0.717) is 5.16 Å². The van der Waals surface area contributed by atoms with Gasteiger partial charge >= 0.3 is 18.9 Å². The Morgan fingerprint density at radius 2 is 1.44 bits per heavy atom. The number of rotatable bonds is 1. The molecular weight excluding hydrogens is 206 g/mol. The van der Waals surface area contributed by atoms with Crippen molar-refractivity contribution in [2.24, 2.45) is 0 Å². The van der Waals surface area contributed by atoms with Gasteiger partial charge in [-0.15, -0.1) is 17.9 Å². The summed E-state index contributed by atoms with van der Waals surface area (Å²) in [5.41, 5.74) is 5.30. The van der Waals surface area contributed by atoms with Crippen molar-refractivity contribution in [2.75, 3.05) is 0 Å². The summed E-state index contributed by atoms with van der Waals surface area (Å²) < 4.78 is 0. The molecule has 0 aliphatic rings. The van der Waals surface area contributed by atoms with E-state index in [1.807, 2.05) is 0 Å². The molecule has 1 aromatic rings. The molecule has 0 atom stereocenters. The van der Waals surface area contributed by atoms with Crippen LogP contribution in [0, 0.1) is 20.8 Å². The van der Waals surface area contributed by atoms with E-state index >= 15 is 0 Å². The van der Waals surface area contributed by atoms with Crippen molar-refractivity contribution < 1.29 is 18.9 Å². The Bertz CT molecular complexity index is 363. The van der Waals surface area contributed by atoms with Crippen LogP contribution in [0.2, 0.25) is 0 Å². The van der Waals surface area contributed by atoms with E-state index in [-0.39, 0.29) is 18.9 Å². The Morgan fingerprint density at radius 1 is 1.00 bits per heavy atom. The maximum atomic E-state index is 3.52. The van der Waals surface area contributed by atoms with E-state index in [9.17, 15) is 0 Å². The predicted molar refractivity (Wildman–Crippen MR) is 71.4 cm³/mol. The smallest absolute Gasteiger partial charge is 0.182 e. The summed E-state index contributed by atoms with van der Waals surface area (Å²) in [6.07, 6.45) is 0. The van der Waals surface area contributed by atoms with Crippen LogP contribution in [0.3, 0.4) is 0 Å². The molecule has 1 rings (SSSR count). The minimum atomic E-state index is 0. The van der Waals surface area contributed by atoms with Crippen molar-refractivity contribution in [1.82, 2.24) is 0 Å². The van der Waals surface area contributed by atoms with Gasteiger partial charge in [0.05, 0.1) is 0 Å². The third kappa shape index (κ3) is 4.88. The average molecular weight is 226 g/mol. The van der Waals surface area contributed by atoms with Crippen molar-refractivity contribution in [2.45, 2.75) is 46.7 Å². The minimum absolute atomic E-state index is 0. The summed E-state index contributed by atoms with van der Waals surface area (Å²) in [5, 5.41) is 0.295. The molecule has 82 valence electrons. The number of aryl methyl sites for hydroxylation is 3. The molecule has 0 unspecified atom stereocenters. The Hall–Kier alpha value is -0.0126. The molecule has 0 nitrogen and oxygen atoms in total. The quantitative estimate of drug-likeness (QED) is 0.385. The SMILES string of the molecule is Cc1cc(C)c([C-]=PC(C)(C)C)c(C)c1.[Li+]. The van der Waals surface area contributed by atoms with Gasteiger partial charge in [-0.25, -0.2) is 0 Å². The van der Waals surface area contributed by atoms with E-state index in [4.69, 9.17) is 0 Å². The van der Waals surface area contributed by atoms with Crippen molar-refractivity contribution in [3.05, 3.63) is 34.4 Å². The molecule has 0 heterocycles. The van der Waals surface area contributed by atoms with E-state index < -0.39 is 0 Å². The average Bonchev–Trinajstić information content (AvgIpc) is 1.99. The first-order chi connectivity index (χ1) is 6.79. The van der Waals surface area contributed by atoms with Gasteiger partial charge < -0.3 is 0 Å². The van der Waals surface area contributed by atoms with E-state index in [2.05, 4.69) is 59.5 Å². The third-order valence-corrected chi connectivity index (χ3v) is 3.19. The summed E-state index contributed by atoms with van der Waals surface area (Å²) >= 11 is 0. The normalized spacial score (nSPS) is 11.6. The molecule has 0 aliphatic heterocycles. The fourth-order valence-corrected chi connectivity index (χ4v) is 2.38. The predicted octanol–water partition coefficient (Wildman–Crippen LogP) is 1.39. The fourth-order valence-electron chi connectivity index (χ4n) is 1.58. The zero-order valence-electron chi connectivity index (χ0n) is 11.6. The molecule has 16 heavy (non-hydrogen) atoms. The van der Waals surface area contributed by atoms with Crippen LogP contribution in [0.4, 0.5) is 0 Å². The Balaban J connectivity index is 0.00000225. The maximum Gasteiger partial charge on any atom is 1.00 e. The van der Waals surface area contributed by atoms with Crippen LogP contribution in [0.5, 0.6) is 0 Å². The fraction of sp³-hybridized carbons (Fsp3) is 0.500. The molecular formula is C14H20LiP. The summed E-state index contributed by atoms with van der Waals surface area (Å²) in [6.45, 7) is 13.2. The Kier molecular flexibility index (Phi) is 6.06. The molecule has 0 fully saturated rings. The van der Waals surface area contributed by atoms with Gasteiger partial charge in [0.25, 0.3) is 0 Å². The third-order valence-electron chi connectivity index (χ3n) is 2.18. The molecule has 0 N–H and O–H groups in total. The van der Waals surface area contributed by atoms with Crippen molar-refractivity contribution in [1.29, 1.82) is 0 Å². The molecule has 2 heteroatoms. The summed E-state index contributed by atoms with van der Waals surface area (Å²) in [4.78, 5) is 0. The molecule has 0 saturated heterocycles. The second-order valence-electron chi connectivity index (χ2n) is 5.17. The van der Waals surface area contributed by atoms with E-state index in [0.717, 1.165) is 0 Å². The molecule has 0 aromatic heterocycles. The second kappa shape index (κ2) is 6.07. The van der Waals surface area contributed by atoms with Crippen LogP contribution in [0.1, 0.15) is 43.0 Å². The summed E-state index contributed by atoms with van der Waals surface area (Å²) in [5.74, 6) is 3.52. The maximum absolute atomic E-state index is 3.52. The van der Waals surface area contributed by atoms with Gasteiger partial charge in [-0.1, -0.05) is 40.2 Å². The standard InChI is InChI=1S/C14H20P.Li/c1-10-7-11(2)13(12(3)8-10)9-15-14(4,5)6;/h7-8H,1-6H3;/q-1;+1. The minimum Gasteiger partial charge on any atom is -0.182 e. The van der Waals surface area contributed by atoms with Gasteiger partial charge in [-0.3, -0.25) is 0 Å². The van der Waals surface area contributed by atoms with Crippen LogP contribution in [0.25, 0.3) is 0 Å². The van der Waals surface area contributed by atoms with Crippen molar-refractivity contribution in [3.63, 3.8) is 0 Å². The molecule has 0 bridgehead atoms. The van der Waals surface area contributed by atoms with Crippen molar-refractivity contribution in [3.8, 4) is 0 Å². The molecule has 0 aliphatic carbocycles. The van der Waals surface area contributed by atoms with Crippen LogP contribution in [-0.2, 0) is 0 Å². The zero-order chi connectivity index (χ0) is 11.6. The van der Waals surface area contributed by atoms with Gasteiger partial charge in [0, 0.05) is 0 Å². The number of benzene rings is 1. The first-order valence-electron chi connectivity index (χ1n) is 5.35. The Morgan fingerprint density at radius 3 is 1.81 bits per heavy atom. The summed E-state index contributed by atoms with van der Waals surface area (Å²) in [6, 6.07) is 4.46. The van der Waals surface area contributed by atoms with Crippen LogP contribution in [-0.4, -0.2) is 11.0 Å². The van der Waals surface area contributed by atoms with E-state index in [1.165, 1.54) is 30.5 Å². The molecule has 0 spiro atoms. The first kappa shape index (κ1) is 16.0. The van der Waals surface area contributed by atoms with Gasteiger partial charge in [-0.05, 0) is 12.1 Å². The Labute approximate surface area is 114 Å². The molecule has 0 amide bonds. The molecule has 0 radical (unpaired) electrons. The van der Waals surface area contributed by atoms with E-state index in [1.54, 1.807) is 0 Å². The van der Waals surface area contributed by atoms with Crippen LogP contribution < -0.4 is 18.9 Å². The zero-order valence-corrected chi connectivity index (χ0v) is 12.5. The van der Waals surface area contributed by atoms with Gasteiger partial charge in [-0.2, -0.15) is 24.9 Å². The van der Waals surface area contributed by atoms with Crippen LogP contribution in [0.15, 0.2) is 12.1 Å². The molecule has 1 aromatic carbocycles. The van der Waals surface area contributed by atoms with Crippen LogP contribution >= 0.6 is 8.20 Å². The van der Waals surface area contributed by atoms with Gasteiger partial charge in [0.15, 0.2) is 0 Å². The number of hydrogen-bond donors (Lipinski definition) is 0. The summed E-state index contributed by atoms with van der Waals surface area (Å²) in [7, 11) is 1.26. The monoisotopic (exact) mass is 226 g/mol. The van der Waals surface area contributed by atoms with Crippen molar-refractivity contribution >= 4 is 14.0 Å². The first-order valence-corrected chi connectivity index (χ1v) is 6.25. The molecule has 0 saturated carbocycles.